The summed E-state index contributed by atoms with van der Waals surface area (Å²) in [4.78, 5) is 0. The molecule has 0 saturated heterocycles. The third kappa shape index (κ3) is 5.16. The van der Waals surface area contributed by atoms with Crippen molar-refractivity contribution >= 4 is 5.69 Å². The van der Waals surface area contributed by atoms with Crippen LogP contribution in [0.15, 0.2) is 109 Å². The molecule has 0 saturated carbocycles. The van der Waals surface area contributed by atoms with Crippen molar-refractivity contribution in [2.45, 2.75) is 11.8 Å². The van der Waals surface area contributed by atoms with E-state index < -0.39 is 40.9 Å². The van der Waals surface area contributed by atoms with Gasteiger partial charge in [0.05, 0.1) is 0 Å². The maximum absolute atomic E-state index is 15.4. The van der Waals surface area contributed by atoms with E-state index in [4.69, 9.17) is 5.73 Å². The van der Waals surface area contributed by atoms with Crippen LogP contribution in [-0.4, -0.2) is 0 Å². The number of hydrogen-bond donors (Lipinski definition) is 1. The lowest BCUT2D eigenvalue weighted by Crippen LogP contribution is -2.13. The van der Waals surface area contributed by atoms with Gasteiger partial charge in [0.2, 0.25) is 0 Å². The van der Waals surface area contributed by atoms with Gasteiger partial charge in [0.15, 0.2) is 0 Å². The molecule has 0 aromatic heterocycles. The predicted molar refractivity (Wildman–Crippen MR) is 138 cm³/mol. The van der Waals surface area contributed by atoms with Crippen LogP contribution in [0.3, 0.4) is 0 Å². The van der Waals surface area contributed by atoms with Crippen LogP contribution in [0.2, 0.25) is 0 Å². The topological polar surface area (TPSA) is 26.0 Å². The Hall–Kier alpha value is -4.45. The molecule has 5 aromatic carbocycles. The van der Waals surface area contributed by atoms with Crippen molar-refractivity contribution < 1.29 is 22.0 Å². The van der Waals surface area contributed by atoms with E-state index in [1.165, 1.54) is 60.7 Å². The van der Waals surface area contributed by atoms with Crippen LogP contribution < -0.4 is 5.73 Å². The monoisotopic (exact) mass is 515 g/mol. The molecule has 0 aliphatic carbocycles. The molecule has 0 aliphatic rings. The van der Waals surface area contributed by atoms with E-state index in [2.05, 4.69) is 0 Å². The lowest BCUT2D eigenvalue weighted by atomic mass is 9.79. The van der Waals surface area contributed by atoms with Gasteiger partial charge in [-0.05, 0) is 94.0 Å². The Labute approximate surface area is 217 Å². The summed E-state index contributed by atoms with van der Waals surface area (Å²) in [5.74, 6) is -3.62. The molecule has 190 valence electrons. The SMILES string of the molecule is Nc1c(C(c2ccc(F)cc2)c2ccc(F)cc2)cc(F)cc1C(c1ccc(F)cc1)c1ccc(F)cc1. The van der Waals surface area contributed by atoms with Crippen LogP contribution in [0.1, 0.15) is 45.2 Å². The Morgan fingerprint density at radius 1 is 0.368 bits per heavy atom. The quantitative estimate of drug-likeness (QED) is 0.137. The Bertz CT molecular complexity index is 1340. The molecule has 1 nitrogen and oxygen atoms in total. The van der Waals surface area contributed by atoms with E-state index in [-0.39, 0.29) is 5.69 Å². The van der Waals surface area contributed by atoms with Crippen molar-refractivity contribution in [2.24, 2.45) is 0 Å². The molecule has 0 amide bonds. The van der Waals surface area contributed by atoms with Crippen LogP contribution in [0.4, 0.5) is 27.6 Å². The van der Waals surface area contributed by atoms with E-state index >= 15 is 4.39 Å². The van der Waals surface area contributed by atoms with Crippen LogP contribution in [-0.2, 0) is 0 Å². The fourth-order valence-corrected chi connectivity index (χ4v) is 4.86. The first-order chi connectivity index (χ1) is 18.3. The average molecular weight is 516 g/mol. The highest BCUT2D eigenvalue weighted by atomic mass is 19.1. The van der Waals surface area contributed by atoms with Gasteiger partial charge in [0.1, 0.15) is 29.1 Å². The molecule has 2 N–H and O–H groups in total. The number of halogens is 5. The number of rotatable bonds is 6. The first-order valence-corrected chi connectivity index (χ1v) is 11.9. The fourth-order valence-electron chi connectivity index (χ4n) is 4.86. The molecule has 0 radical (unpaired) electrons. The lowest BCUT2D eigenvalue weighted by molar-refractivity contribution is 0.619. The van der Waals surface area contributed by atoms with Gasteiger partial charge in [-0.2, -0.15) is 0 Å². The van der Waals surface area contributed by atoms with Crippen molar-refractivity contribution in [3.05, 3.63) is 172 Å². The Balaban J connectivity index is 1.74. The number of nitrogen functional groups attached to an aromatic ring is 1. The van der Waals surface area contributed by atoms with Gasteiger partial charge in [-0.3, -0.25) is 0 Å². The normalized spacial score (nSPS) is 11.3. The van der Waals surface area contributed by atoms with Gasteiger partial charge in [-0.15, -0.1) is 0 Å². The zero-order valence-electron chi connectivity index (χ0n) is 20.0. The molecule has 0 fully saturated rings. The Morgan fingerprint density at radius 2 is 0.605 bits per heavy atom. The van der Waals surface area contributed by atoms with Gasteiger partial charge in [0, 0.05) is 17.5 Å². The van der Waals surface area contributed by atoms with Crippen LogP contribution >= 0.6 is 0 Å². The smallest absolute Gasteiger partial charge is 0.123 e. The average Bonchev–Trinajstić information content (AvgIpc) is 2.91. The summed E-state index contributed by atoms with van der Waals surface area (Å²) < 4.78 is 70.4. The molecule has 0 atom stereocenters. The highest BCUT2D eigenvalue weighted by molar-refractivity contribution is 5.64. The molecule has 0 heterocycles. The zero-order chi connectivity index (χ0) is 26.8. The van der Waals surface area contributed by atoms with Crippen LogP contribution in [0.25, 0.3) is 0 Å². The van der Waals surface area contributed by atoms with Gasteiger partial charge in [0.25, 0.3) is 0 Å². The van der Waals surface area contributed by atoms with Gasteiger partial charge < -0.3 is 5.73 Å². The van der Waals surface area contributed by atoms with E-state index in [0.29, 0.717) is 33.4 Å². The first-order valence-electron chi connectivity index (χ1n) is 11.9. The maximum Gasteiger partial charge on any atom is 0.123 e. The fraction of sp³-hybridized carbons (Fsp3) is 0.0625. The van der Waals surface area contributed by atoms with E-state index in [0.717, 1.165) is 0 Å². The molecule has 0 spiro atoms. The summed E-state index contributed by atoms with van der Waals surface area (Å²) in [6, 6.07) is 25.6. The predicted octanol–water partition coefficient (Wildman–Crippen LogP) is 8.32. The molecule has 5 rings (SSSR count). The van der Waals surface area contributed by atoms with Crippen LogP contribution in [0.5, 0.6) is 0 Å². The highest BCUT2D eigenvalue weighted by Gasteiger charge is 2.27. The van der Waals surface area contributed by atoms with Crippen LogP contribution in [0, 0.1) is 29.1 Å². The van der Waals surface area contributed by atoms with E-state index in [9.17, 15) is 17.6 Å². The van der Waals surface area contributed by atoms with Crippen molar-refractivity contribution in [1.29, 1.82) is 0 Å². The summed E-state index contributed by atoms with van der Waals surface area (Å²) in [7, 11) is 0. The second-order valence-electron chi connectivity index (χ2n) is 9.07. The summed E-state index contributed by atoms with van der Waals surface area (Å²) in [5.41, 5.74) is 10.3. The summed E-state index contributed by atoms with van der Waals surface area (Å²) in [5, 5.41) is 0. The lowest BCUT2D eigenvalue weighted by Gasteiger charge is -2.26. The minimum Gasteiger partial charge on any atom is -0.398 e. The van der Waals surface area contributed by atoms with E-state index in [1.54, 1.807) is 48.5 Å². The number of anilines is 1. The van der Waals surface area contributed by atoms with Crippen molar-refractivity contribution in [3.63, 3.8) is 0 Å². The second-order valence-corrected chi connectivity index (χ2v) is 9.07. The summed E-state index contributed by atoms with van der Waals surface area (Å²) in [6.07, 6.45) is 0. The molecular weight excluding hydrogens is 493 g/mol. The molecule has 38 heavy (non-hydrogen) atoms. The minimum atomic E-state index is -0.646. The molecule has 0 unspecified atom stereocenters. The Morgan fingerprint density at radius 3 is 0.842 bits per heavy atom. The number of benzene rings is 5. The van der Waals surface area contributed by atoms with Crippen molar-refractivity contribution in [1.82, 2.24) is 0 Å². The third-order valence-electron chi connectivity index (χ3n) is 6.64. The van der Waals surface area contributed by atoms with E-state index in [1.807, 2.05) is 0 Å². The number of nitrogens with two attached hydrogens (primary N) is 1. The van der Waals surface area contributed by atoms with Gasteiger partial charge in [-0.25, -0.2) is 22.0 Å². The molecule has 0 aliphatic heterocycles. The summed E-state index contributed by atoms with van der Waals surface area (Å²) in [6.45, 7) is 0. The molecule has 6 heteroatoms. The first kappa shape index (κ1) is 25.2. The largest absolute Gasteiger partial charge is 0.398 e. The zero-order valence-corrected chi connectivity index (χ0v) is 20.0. The third-order valence-corrected chi connectivity index (χ3v) is 6.64. The Kier molecular flexibility index (Phi) is 6.97. The maximum atomic E-state index is 15.4. The van der Waals surface area contributed by atoms with Gasteiger partial charge >= 0.3 is 0 Å². The molecular formula is C32H22F5N. The molecule has 0 bridgehead atoms. The van der Waals surface area contributed by atoms with Gasteiger partial charge in [-0.1, -0.05) is 48.5 Å². The standard InChI is InChI=1S/C32H22F5N/c33-23-9-1-19(2-10-23)30(20-3-11-24(34)12-4-20)28-17-27(37)18-29(32(28)38)31(21-5-13-25(35)14-6-21)22-7-15-26(36)16-8-22/h1-18,30-31H,38H2. The number of hydrogen-bond acceptors (Lipinski definition) is 1. The van der Waals surface area contributed by atoms with Crippen molar-refractivity contribution in [2.75, 3.05) is 5.73 Å². The second kappa shape index (κ2) is 10.5. The minimum absolute atomic E-state index is 0.253. The molecule has 5 aromatic rings. The van der Waals surface area contributed by atoms with Crippen molar-refractivity contribution in [3.8, 4) is 0 Å². The summed E-state index contributed by atoms with van der Waals surface area (Å²) >= 11 is 0. The highest BCUT2D eigenvalue weighted by Crippen LogP contribution is 2.42.